The van der Waals surface area contributed by atoms with Gasteiger partial charge in [-0.2, -0.15) is 0 Å². The minimum Gasteiger partial charge on any atom is -0.468 e. The molecule has 3 nitrogen and oxygen atoms in total. The lowest BCUT2D eigenvalue weighted by Gasteiger charge is -2.13. The molecule has 138 valence electrons. The average molecular weight is 359 g/mol. The maximum Gasteiger partial charge on any atom is 0.322 e. The fourth-order valence-corrected chi connectivity index (χ4v) is 2.63. The van der Waals surface area contributed by atoms with Crippen molar-refractivity contribution in [3.05, 3.63) is 76.9 Å². The zero-order valence-electron chi connectivity index (χ0n) is 15.1. The molecule has 0 aliphatic carbocycles. The maximum atomic E-state index is 14.3. The number of nitrogens with two attached hydrogens (primary N) is 1. The van der Waals surface area contributed by atoms with E-state index in [1.807, 2.05) is 24.3 Å². The van der Waals surface area contributed by atoms with Crippen LogP contribution in [0, 0.1) is 11.6 Å². The predicted molar refractivity (Wildman–Crippen MR) is 98.6 cm³/mol. The van der Waals surface area contributed by atoms with Crippen molar-refractivity contribution in [1.82, 2.24) is 0 Å². The van der Waals surface area contributed by atoms with E-state index in [1.54, 1.807) is 6.08 Å². The summed E-state index contributed by atoms with van der Waals surface area (Å²) in [6.45, 7) is 4.17. The van der Waals surface area contributed by atoms with Crippen LogP contribution in [0.5, 0.6) is 0 Å². The lowest BCUT2D eigenvalue weighted by Crippen LogP contribution is -2.30. The molecule has 0 fully saturated rings. The number of rotatable bonds is 6. The molecule has 0 saturated heterocycles. The molecule has 2 aromatic carbocycles. The van der Waals surface area contributed by atoms with Crippen LogP contribution in [0.15, 0.2) is 48.5 Å². The van der Waals surface area contributed by atoms with E-state index in [0.717, 1.165) is 17.2 Å². The first-order valence-corrected chi connectivity index (χ1v) is 8.42. The first-order valence-electron chi connectivity index (χ1n) is 8.42. The lowest BCUT2D eigenvalue weighted by molar-refractivity contribution is -0.142. The first kappa shape index (κ1) is 19.8. The van der Waals surface area contributed by atoms with E-state index in [2.05, 4.69) is 18.6 Å². The summed E-state index contributed by atoms with van der Waals surface area (Å²) >= 11 is 0. The van der Waals surface area contributed by atoms with Crippen LogP contribution in [0.1, 0.15) is 42.9 Å². The monoisotopic (exact) mass is 359 g/mol. The van der Waals surface area contributed by atoms with Crippen molar-refractivity contribution in [2.45, 2.75) is 32.2 Å². The highest BCUT2D eigenvalue weighted by Gasteiger charge is 2.16. The normalized spacial score (nSPS) is 13.0. The van der Waals surface area contributed by atoms with E-state index >= 15 is 0 Å². The highest BCUT2D eigenvalue weighted by atomic mass is 19.1. The number of esters is 1. The van der Waals surface area contributed by atoms with Crippen LogP contribution in [-0.4, -0.2) is 19.1 Å². The van der Waals surface area contributed by atoms with Crippen LogP contribution in [0.3, 0.4) is 0 Å². The summed E-state index contributed by atoms with van der Waals surface area (Å²) in [6, 6.07) is 10.3. The molecular weight excluding hydrogens is 336 g/mol. The Morgan fingerprint density at radius 3 is 2.35 bits per heavy atom. The molecule has 0 radical (unpaired) electrons. The van der Waals surface area contributed by atoms with E-state index in [1.165, 1.54) is 19.2 Å². The number of carbonyl (C=O) groups is 1. The second-order valence-corrected chi connectivity index (χ2v) is 6.38. The summed E-state index contributed by atoms with van der Waals surface area (Å²) in [6.07, 6.45) is 1.85. The molecule has 0 saturated carbocycles. The minimum atomic E-state index is -0.853. The zero-order chi connectivity index (χ0) is 19.3. The summed E-state index contributed by atoms with van der Waals surface area (Å²) in [7, 11) is 1.26. The molecular formula is C21H23F2NO2. The van der Waals surface area contributed by atoms with Crippen molar-refractivity contribution >= 4 is 11.5 Å². The van der Waals surface area contributed by atoms with Gasteiger partial charge in [0, 0.05) is 11.6 Å². The molecule has 0 heterocycles. The zero-order valence-corrected chi connectivity index (χ0v) is 15.1. The van der Waals surface area contributed by atoms with Crippen LogP contribution in [0.2, 0.25) is 0 Å². The van der Waals surface area contributed by atoms with E-state index < -0.39 is 23.6 Å². The number of halogens is 2. The molecule has 0 amide bonds. The van der Waals surface area contributed by atoms with Crippen molar-refractivity contribution in [3.63, 3.8) is 0 Å². The van der Waals surface area contributed by atoms with Crippen LogP contribution in [0.25, 0.3) is 5.57 Å². The van der Waals surface area contributed by atoms with Crippen LogP contribution in [0.4, 0.5) is 8.78 Å². The number of carbonyl (C=O) groups excluding carboxylic acids is 1. The highest BCUT2D eigenvalue weighted by molar-refractivity contribution is 5.81. The van der Waals surface area contributed by atoms with Crippen LogP contribution >= 0.6 is 0 Å². The third-order valence-electron chi connectivity index (χ3n) is 4.19. The molecule has 26 heavy (non-hydrogen) atoms. The lowest BCUT2D eigenvalue weighted by atomic mass is 9.93. The minimum absolute atomic E-state index is 0.171. The Morgan fingerprint density at radius 1 is 1.15 bits per heavy atom. The van der Waals surface area contributed by atoms with E-state index in [4.69, 9.17) is 5.73 Å². The van der Waals surface area contributed by atoms with Gasteiger partial charge in [-0.05, 0) is 41.2 Å². The van der Waals surface area contributed by atoms with Crippen molar-refractivity contribution in [3.8, 4) is 0 Å². The second kappa shape index (κ2) is 8.72. The van der Waals surface area contributed by atoms with Crippen LogP contribution in [-0.2, 0) is 9.53 Å². The molecule has 0 aliphatic rings. The molecule has 2 N–H and O–H groups in total. The van der Waals surface area contributed by atoms with Gasteiger partial charge in [-0.1, -0.05) is 44.2 Å². The molecule has 2 aromatic rings. The van der Waals surface area contributed by atoms with Crippen molar-refractivity contribution in [2.24, 2.45) is 5.73 Å². The van der Waals surface area contributed by atoms with Gasteiger partial charge in [0.2, 0.25) is 0 Å². The Balaban J connectivity index is 2.45. The summed E-state index contributed by atoms with van der Waals surface area (Å²) in [5.74, 6) is -1.50. The topological polar surface area (TPSA) is 52.3 Å². The highest BCUT2D eigenvalue weighted by Crippen LogP contribution is 2.28. The Hall–Kier alpha value is -2.53. The number of ether oxygens (including phenoxy) is 1. The standard InChI is InChI=1S/C21H23F2NO2/c1-13(2)14-4-6-15(7-5-14)17(10-11-20(24)21(25)26-3)18-9-8-16(22)12-19(18)23/h4-10,12-13,20H,11,24H2,1-3H3. The van der Waals surface area contributed by atoms with Gasteiger partial charge in [-0.3, -0.25) is 4.79 Å². The van der Waals surface area contributed by atoms with Gasteiger partial charge in [0.15, 0.2) is 0 Å². The summed E-state index contributed by atoms with van der Waals surface area (Å²) in [5, 5.41) is 0. The van der Waals surface area contributed by atoms with Gasteiger partial charge in [-0.15, -0.1) is 0 Å². The Labute approximate surface area is 152 Å². The fraction of sp³-hybridized carbons (Fsp3) is 0.286. The van der Waals surface area contributed by atoms with Gasteiger partial charge in [0.1, 0.15) is 17.7 Å². The van der Waals surface area contributed by atoms with Crippen molar-refractivity contribution in [1.29, 1.82) is 0 Å². The largest absolute Gasteiger partial charge is 0.468 e. The Bertz CT molecular complexity index is 798. The van der Waals surface area contributed by atoms with Gasteiger partial charge in [0.25, 0.3) is 0 Å². The van der Waals surface area contributed by atoms with E-state index in [0.29, 0.717) is 11.5 Å². The molecule has 0 aliphatic heterocycles. The Morgan fingerprint density at radius 2 is 1.81 bits per heavy atom. The van der Waals surface area contributed by atoms with Gasteiger partial charge in [0.05, 0.1) is 7.11 Å². The third kappa shape index (κ3) is 4.76. The molecule has 1 atom stereocenters. The molecule has 0 spiro atoms. The van der Waals surface area contributed by atoms with Crippen LogP contribution < -0.4 is 5.73 Å². The first-order chi connectivity index (χ1) is 12.3. The van der Waals surface area contributed by atoms with E-state index in [-0.39, 0.29) is 12.0 Å². The number of benzene rings is 2. The quantitative estimate of drug-likeness (QED) is 0.777. The third-order valence-corrected chi connectivity index (χ3v) is 4.19. The van der Waals surface area contributed by atoms with Gasteiger partial charge >= 0.3 is 5.97 Å². The van der Waals surface area contributed by atoms with Crippen molar-refractivity contribution in [2.75, 3.05) is 7.11 Å². The summed E-state index contributed by atoms with van der Waals surface area (Å²) < 4.78 is 32.2. The Kier molecular flexibility index (Phi) is 6.64. The fourth-order valence-electron chi connectivity index (χ4n) is 2.63. The number of methoxy groups -OCH3 is 1. The summed E-state index contributed by atoms with van der Waals surface area (Å²) in [4.78, 5) is 11.5. The smallest absolute Gasteiger partial charge is 0.322 e. The number of hydrogen-bond acceptors (Lipinski definition) is 3. The summed E-state index contributed by atoms with van der Waals surface area (Å²) in [5.41, 5.74) is 8.50. The SMILES string of the molecule is COC(=O)C(N)CC=C(c1ccc(C(C)C)cc1)c1ccc(F)cc1F. The van der Waals surface area contributed by atoms with Gasteiger partial charge in [-0.25, -0.2) is 8.78 Å². The second-order valence-electron chi connectivity index (χ2n) is 6.38. The maximum absolute atomic E-state index is 14.3. The number of hydrogen-bond donors (Lipinski definition) is 1. The molecule has 0 bridgehead atoms. The molecule has 0 aromatic heterocycles. The molecule has 2 rings (SSSR count). The van der Waals surface area contributed by atoms with Gasteiger partial charge < -0.3 is 10.5 Å². The molecule has 5 heteroatoms. The van der Waals surface area contributed by atoms with E-state index in [9.17, 15) is 13.6 Å². The predicted octanol–water partition coefficient (Wildman–Crippen LogP) is 4.41. The van der Waals surface area contributed by atoms with Crippen molar-refractivity contribution < 1.29 is 18.3 Å². The molecule has 1 unspecified atom stereocenters. The average Bonchev–Trinajstić information content (AvgIpc) is 2.62.